The molecule has 5 atom stereocenters. The summed E-state index contributed by atoms with van der Waals surface area (Å²) in [7, 11) is 0. The average Bonchev–Trinajstić information content (AvgIpc) is 3.21. The molecule has 1 aromatic heterocycles. The number of H-pyrrole nitrogens is 1. The minimum absolute atomic E-state index is 0.0708. The van der Waals surface area contributed by atoms with Crippen LogP contribution in [0.25, 0.3) is 10.9 Å². The molecule has 2 aromatic rings. The van der Waals surface area contributed by atoms with Crippen molar-refractivity contribution in [2.24, 2.45) is 5.73 Å². The quantitative estimate of drug-likeness (QED) is 0.150. The Morgan fingerprint density at radius 1 is 0.941 bits per heavy atom. The third-order valence-corrected chi connectivity index (χ3v) is 5.17. The van der Waals surface area contributed by atoms with E-state index in [1.165, 1.54) is 6.92 Å². The molecular weight excluding hydrogens is 450 g/mol. The van der Waals surface area contributed by atoms with Gasteiger partial charge in [-0.3, -0.25) is 14.4 Å². The van der Waals surface area contributed by atoms with Gasteiger partial charge in [-0.05, 0) is 18.6 Å². The van der Waals surface area contributed by atoms with Gasteiger partial charge in [0.15, 0.2) is 0 Å². The number of aromatic amines is 1. The molecule has 0 radical (unpaired) electrons. The van der Waals surface area contributed by atoms with Gasteiger partial charge in [-0.2, -0.15) is 0 Å². The van der Waals surface area contributed by atoms with Gasteiger partial charge in [0.25, 0.3) is 0 Å². The van der Waals surface area contributed by atoms with E-state index in [0.717, 1.165) is 10.9 Å². The fraction of sp³-hybridized carbons (Fsp3) is 0.429. The van der Waals surface area contributed by atoms with E-state index in [1.54, 1.807) is 30.5 Å². The number of carboxylic acids is 1. The molecule has 5 unspecified atom stereocenters. The molecule has 0 saturated carbocycles. The highest BCUT2D eigenvalue weighted by molar-refractivity contribution is 5.95. The summed E-state index contributed by atoms with van der Waals surface area (Å²) in [5.41, 5.74) is 6.94. The number of carbonyl (C=O) groups excluding carboxylic acids is 3. The van der Waals surface area contributed by atoms with Crippen molar-refractivity contribution in [2.45, 2.75) is 43.6 Å². The Bertz CT molecular complexity index is 1020. The Morgan fingerprint density at radius 2 is 1.50 bits per heavy atom. The Balaban J connectivity index is 2.25. The van der Waals surface area contributed by atoms with Crippen LogP contribution in [-0.4, -0.2) is 92.6 Å². The number of nitrogens with one attached hydrogen (secondary N) is 4. The highest BCUT2D eigenvalue weighted by atomic mass is 16.4. The molecule has 2 rings (SSSR count). The van der Waals surface area contributed by atoms with Crippen LogP contribution < -0.4 is 21.7 Å². The molecule has 1 heterocycles. The number of aliphatic hydroxyl groups excluding tert-OH is 3. The van der Waals surface area contributed by atoms with Gasteiger partial charge < -0.3 is 47.1 Å². The topological polar surface area (TPSA) is 227 Å². The zero-order valence-corrected chi connectivity index (χ0v) is 18.4. The number of amides is 3. The Hall–Kier alpha value is -3.52. The van der Waals surface area contributed by atoms with Crippen molar-refractivity contribution in [3.8, 4) is 0 Å². The van der Waals surface area contributed by atoms with E-state index >= 15 is 0 Å². The van der Waals surface area contributed by atoms with Crippen molar-refractivity contribution in [2.75, 3.05) is 13.2 Å². The van der Waals surface area contributed by atoms with Crippen molar-refractivity contribution in [1.82, 2.24) is 20.9 Å². The zero-order valence-electron chi connectivity index (χ0n) is 18.4. The SMILES string of the molecule is CC(O)C(N)C(=O)NC(CO)C(=O)NC(Cc1c[nH]c2ccccc12)C(=O)NC(CO)C(=O)O. The highest BCUT2D eigenvalue weighted by Gasteiger charge is 2.31. The van der Waals surface area contributed by atoms with E-state index in [-0.39, 0.29) is 6.42 Å². The second-order valence-electron chi connectivity index (χ2n) is 7.72. The van der Waals surface area contributed by atoms with Gasteiger partial charge in [-0.15, -0.1) is 0 Å². The smallest absolute Gasteiger partial charge is 0.328 e. The maximum atomic E-state index is 12.8. The van der Waals surface area contributed by atoms with Crippen LogP contribution in [0.5, 0.6) is 0 Å². The molecule has 13 heteroatoms. The largest absolute Gasteiger partial charge is 0.480 e. The number of carbonyl (C=O) groups is 4. The van der Waals surface area contributed by atoms with Crippen LogP contribution in [0.3, 0.4) is 0 Å². The third-order valence-electron chi connectivity index (χ3n) is 5.17. The van der Waals surface area contributed by atoms with E-state index in [0.29, 0.717) is 5.56 Å². The van der Waals surface area contributed by atoms with E-state index < -0.39 is 67.2 Å². The van der Waals surface area contributed by atoms with Crippen LogP contribution in [0.2, 0.25) is 0 Å². The van der Waals surface area contributed by atoms with Crippen LogP contribution in [-0.2, 0) is 25.6 Å². The summed E-state index contributed by atoms with van der Waals surface area (Å²) < 4.78 is 0. The summed E-state index contributed by atoms with van der Waals surface area (Å²) in [5.74, 6) is -4.21. The third kappa shape index (κ3) is 6.74. The van der Waals surface area contributed by atoms with Crippen molar-refractivity contribution < 1.29 is 39.6 Å². The van der Waals surface area contributed by atoms with Crippen LogP contribution in [0, 0.1) is 0 Å². The Kier molecular flexibility index (Phi) is 9.50. The number of benzene rings is 1. The normalized spacial score (nSPS) is 15.6. The first-order valence-corrected chi connectivity index (χ1v) is 10.4. The first-order chi connectivity index (χ1) is 16.1. The lowest BCUT2D eigenvalue weighted by Crippen LogP contribution is -2.59. The van der Waals surface area contributed by atoms with Gasteiger partial charge in [-0.25, -0.2) is 4.79 Å². The van der Waals surface area contributed by atoms with Gasteiger partial charge in [0.2, 0.25) is 17.7 Å². The van der Waals surface area contributed by atoms with Crippen LogP contribution in [0.4, 0.5) is 0 Å². The van der Waals surface area contributed by atoms with Crippen molar-refractivity contribution in [1.29, 1.82) is 0 Å². The first kappa shape index (κ1) is 26.7. The number of rotatable bonds is 12. The Morgan fingerprint density at radius 3 is 2.09 bits per heavy atom. The summed E-state index contributed by atoms with van der Waals surface area (Å²) in [6.45, 7) is -0.429. The lowest BCUT2D eigenvalue weighted by atomic mass is 10.0. The molecule has 0 aliphatic rings. The molecule has 0 saturated heterocycles. The molecular formula is C21H29N5O8. The minimum Gasteiger partial charge on any atom is -0.480 e. The number of fused-ring (bicyclic) bond motifs is 1. The van der Waals surface area contributed by atoms with Crippen molar-refractivity contribution in [3.05, 3.63) is 36.0 Å². The zero-order chi connectivity index (χ0) is 25.4. The van der Waals surface area contributed by atoms with E-state index in [2.05, 4.69) is 20.9 Å². The number of hydrogen-bond donors (Lipinski definition) is 9. The van der Waals surface area contributed by atoms with E-state index in [9.17, 15) is 34.5 Å². The molecule has 0 fully saturated rings. The molecule has 0 bridgehead atoms. The second kappa shape index (κ2) is 12.1. The predicted octanol–water partition coefficient (Wildman–Crippen LogP) is -3.06. The molecule has 186 valence electrons. The summed E-state index contributed by atoms with van der Waals surface area (Å²) in [6.07, 6.45) is 0.345. The van der Waals surface area contributed by atoms with Crippen molar-refractivity contribution >= 4 is 34.6 Å². The molecule has 1 aromatic carbocycles. The predicted molar refractivity (Wildman–Crippen MR) is 119 cm³/mol. The lowest BCUT2D eigenvalue weighted by molar-refractivity contribution is -0.143. The van der Waals surface area contributed by atoms with Gasteiger partial charge in [0.1, 0.15) is 24.2 Å². The van der Waals surface area contributed by atoms with Crippen LogP contribution in [0.15, 0.2) is 30.5 Å². The minimum atomic E-state index is -1.60. The number of carboxylic acid groups (broad SMARTS) is 1. The molecule has 3 amide bonds. The number of aromatic nitrogens is 1. The van der Waals surface area contributed by atoms with Crippen LogP contribution >= 0.6 is 0 Å². The van der Waals surface area contributed by atoms with Crippen molar-refractivity contribution in [3.63, 3.8) is 0 Å². The average molecular weight is 479 g/mol. The van der Waals surface area contributed by atoms with Gasteiger partial charge >= 0.3 is 5.97 Å². The lowest BCUT2D eigenvalue weighted by Gasteiger charge is -2.24. The molecule has 13 nitrogen and oxygen atoms in total. The standard InChI is InChI=1S/C21H29N5O8/c1-10(29)17(22)20(32)25-15(8-27)19(31)24-14(18(30)26-16(9-28)21(33)34)6-11-7-23-13-5-3-2-4-12(11)13/h2-5,7,10,14-17,23,27-29H,6,8-9,22H2,1H3,(H,24,31)(H,25,32)(H,26,30)(H,33,34). The summed E-state index contributed by atoms with van der Waals surface area (Å²) >= 11 is 0. The molecule has 0 aliphatic heterocycles. The molecule has 34 heavy (non-hydrogen) atoms. The highest BCUT2D eigenvalue weighted by Crippen LogP contribution is 2.19. The number of hydrogen-bond acceptors (Lipinski definition) is 8. The molecule has 0 spiro atoms. The maximum Gasteiger partial charge on any atom is 0.328 e. The number of aliphatic carboxylic acids is 1. The fourth-order valence-electron chi connectivity index (χ4n) is 3.14. The summed E-state index contributed by atoms with van der Waals surface area (Å²) in [5, 5.41) is 44.9. The first-order valence-electron chi connectivity index (χ1n) is 10.4. The van der Waals surface area contributed by atoms with Crippen LogP contribution in [0.1, 0.15) is 12.5 Å². The van der Waals surface area contributed by atoms with Gasteiger partial charge in [-0.1, -0.05) is 18.2 Å². The number of para-hydroxylation sites is 1. The monoisotopic (exact) mass is 479 g/mol. The molecule has 0 aliphatic carbocycles. The van der Waals surface area contributed by atoms with Gasteiger partial charge in [0.05, 0.1) is 19.3 Å². The second-order valence-corrected chi connectivity index (χ2v) is 7.72. The van der Waals surface area contributed by atoms with E-state index in [1.807, 2.05) is 0 Å². The summed E-state index contributed by atoms with van der Waals surface area (Å²) in [6, 6.07) is 1.41. The Labute approximate surface area is 194 Å². The number of nitrogens with two attached hydrogens (primary N) is 1. The maximum absolute atomic E-state index is 12.8. The number of aliphatic hydroxyl groups is 3. The summed E-state index contributed by atoms with van der Waals surface area (Å²) in [4.78, 5) is 51.9. The van der Waals surface area contributed by atoms with Gasteiger partial charge in [0, 0.05) is 23.5 Å². The van der Waals surface area contributed by atoms with E-state index in [4.69, 9.17) is 10.8 Å². The molecule has 10 N–H and O–H groups in total. The fourth-order valence-corrected chi connectivity index (χ4v) is 3.14.